The zero-order valence-corrected chi connectivity index (χ0v) is 14.1. The second-order valence-corrected chi connectivity index (χ2v) is 8.11. The summed E-state index contributed by atoms with van der Waals surface area (Å²) in [5.41, 5.74) is 0.996. The number of nitrogens with one attached hydrogen (secondary N) is 2. The fourth-order valence-corrected chi connectivity index (χ4v) is 5.74. The van der Waals surface area contributed by atoms with E-state index in [0.29, 0.717) is 35.4 Å². The number of urea groups is 1. The van der Waals surface area contributed by atoms with Gasteiger partial charge in [-0.05, 0) is 61.8 Å². The first-order chi connectivity index (χ1) is 12.2. The second-order valence-electron chi connectivity index (χ2n) is 8.11. The van der Waals surface area contributed by atoms with Gasteiger partial charge in [-0.15, -0.1) is 0 Å². The molecule has 0 spiro atoms. The highest BCUT2D eigenvalue weighted by atomic mass is 19.1. The normalized spacial score (nSPS) is 35.0. The van der Waals surface area contributed by atoms with Gasteiger partial charge in [-0.3, -0.25) is 0 Å². The van der Waals surface area contributed by atoms with E-state index in [2.05, 4.69) is 10.6 Å². The third-order valence-corrected chi connectivity index (χ3v) is 6.45. The van der Waals surface area contributed by atoms with Gasteiger partial charge in [-0.1, -0.05) is 0 Å². The summed E-state index contributed by atoms with van der Waals surface area (Å²) >= 11 is 0. The summed E-state index contributed by atoms with van der Waals surface area (Å²) in [6.45, 7) is 0.406. The summed E-state index contributed by atoms with van der Waals surface area (Å²) in [4.78, 5) is 12.6. The van der Waals surface area contributed by atoms with Crippen molar-refractivity contribution in [2.45, 2.75) is 44.8 Å². The predicted octanol–water partition coefficient (Wildman–Crippen LogP) is 3.64. The number of amides is 2. The fourth-order valence-electron chi connectivity index (χ4n) is 5.74. The average molecular weight is 346 g/mol. The lowest BCUT2D eigenvalue weighted by Crippen LogP contribution is -2.56. The first-order valence-electron chi connectivity index (χ1n) is 9.26. The van der Waals surface area contributed by atoms with Crippen molar-refractivity contribution >= 4 is 11.7 Å². The fraction of sp³-hybridized carbons (Fsp3) is 0.632. The minimum Gasteiger partial charge on any atom is -0.465 e. The number of benzene rings is 1. The van der Waals surface area contributed by atoms with Gasteiger partial charge in [0.1, 0.15) is 5.82 Å². The molecule has 4 bridgehead atoms. The molecule has 0 aromatic heterocycles. The zero-order valence-electron chi connectivity index (χ0n) is 14.1. The van der Waals surface area contributed by atoms with Gasteiger partial charge in [0, 0.05) is 17.7 Å². The number of fused-ring (bicyclic) bond motifs is 1. The van der Waals surface area contributed by atoms with Crippen molar-refractivity contribution in [3.63, 3.8) is 0 Å². The van der Waals surface area contributed by atoms with E-state index in [4.69, 9.17) is 9.47 Å². The monoisotopic (exact) mass is 346 g/mol. The Morgan fingerprint density at radius 3 is 2.52 bits per heavy atom. The van der Waals surface area contributed by atoms with Gasteiger partial charge in [0.2, 0.25) is 0 Å². The molecule has 0 atom stereocenters. The van der Waals surface area contributed by atoms with Crippen LogP contribution in [0, 0.1) is 29.5 Å². The molecule has 6 rings (SSSR count). The molecule has 1 heterocycles. The summed E-state index contributed by atoms with van der Waals surface area (Å²) < 4.78 is 24.5. The lowest BCUT2D eigenvalue weighted by Gasteiger charge is -2.54. The zero-order chi connectivity index (χ0) is 17.0. The molecule has 1 aromatic rings. The minimum atomic E-state index is -0.405. The van der Waals surface area contributed by atoms with E-state index in [1.54, 1.807) is 0 Å². The van der Waals surface area contributed by atoms with Gasteiger partial charge in [0.15, 0.2) is 12.5 Å². The molecular formula is C19H23FN2O3. The van der Waals surface area contributed by atoms with Crippen LogP contribution < -0.4 is 15.4 Å². The van der Waals surface area contributed by atoms with Crippen LogP contribution in [0.5, 0.6) is 5.75 Å². The molecule has 4 saturated carbocycles. The van der Waals surface area contributed by atoms with Crippen LogP contribution in [0.1, 0.15) is 37.7 Å². The van der Waals surface area contributed by atoms with E-state index in [1.165, 1.54) is 44.2 Å². The van der Waals surface area contributed by atoms with Crippen molar-refractivity contribution < 1.29 is 18.7 Å². The Labute approximate surface area is 146 Å². The molecule has 2 N–H and O–H groups in total. The summed E-state index contributed by atoms with van der Waals surface area (Å²) in [5, 5.41) is 5.98. The lowest BCUT2D eigenvalue weighted by atomic mass is 9.54. The van der Waals surface area contributed by atoms with Crippen molar-refractivity contribution in [3.8, 4) is 5.75 Å². The Kier molecular flexibility index (Phi) is 3.62. The Bertz CT molecular complexity index is 680. The van der Waals surface area contributed by atoms with Crippen LogP contribution in [0.3, 0.4) is 0 Å². The van der Waals surface area contributed by atoms with Crippen LogP contribution >= 0.6 is 0 Å². The average Bonchev–Trinajstić information content (AvgIpc) is 2.57. The molecule has 1 aliphatic heterocycles. The van der Waals surface area contributed by atoms with Crippen molar-refractivity contribution in [1.82, 2.24) is 5.32 Å². The Morgan fingerprint density at radius 1 is 1.08 bits per heavy atom. The first kappa shape index (κ1) is 15.4. The van der Waals surface area contributed by atoms with Gasteiger partial charge in [0.25, 0.3) is 0 Å². The molecule has 25 heavy (non-hydrogen) atoms. The van der Waals surface area contributed by atoms with Crippen LogP contribution in [-0.4, -0.2) is 18.9 Å². The SMILES string of the molecule is O=C(Nc1cc(F)cc2c1OCOC2)NC1C2CC3CC(C2)CC1C3. The minimum absolute atomic E-state index is 0.116. The van der Waals surface area contributed by atoms with Crippen LogP contribution in [0.25, 0.3) is 0 Å². The molecule has 5 aliphatic rings. The van der Waals surface area contributed by atoms with E-state index < -0.39 is 5.82 Å². The van der Waals surface area contributed by atoms with Crippen molar-refractivity contribution in [2.75, 3.05) is 12.1 Å². The summed E-state index contributed by atoms with van der Waals surface area (Å²) in [6.07, 6.45) is 6.36. The highest BCUT2D eigenvalue weighted by molar-refractivity contribution is 5.91. The summed E-state index contributed by atoms with van der Waals surface area (Å²) in [7, 11) is 0. The van der Waals surface area contributed by atoms with E-state index in [-0.39, 0.29) is 18.9 Å². The third-order valence-electron chi connectivity index (χ3n) is 6.45. The van der Waals surface area contributed by atoms with Crippen LogP contribution in [0.2, 0.25) is 0 Å². The molecule has 4 fully saturated rings. The Hall–Kier alpha value is -1.82. The lowest BCUT2D eigenvalue weighted by molar-refractivity contribution is -0.0160. The quantitative estimate of drug-likeness (QED) is 0.859. The molecule has 5 nitrogen and oxygen atoms in total. The number of carbonyl (C=O) groups is 1. The maximum Gasteiger partial charge on any atom is 0.319 e. The molecule has 4 aliphatic carbocycles. The van der Waals surface area contributed by atoms with Gasteiger partial charge in [-0.2, -0.15) is 0 Å². The van der Waals surface area contributed by atoms with E-state index in [9.17, 15) is 9.18 Å². The molecule has 0 saturated heterocycles. The van der Waals surface area contributed by atoms with Crippen molar-refractivity contribution in [1.29, 1.82) is 0 Å². The summed E-state index contributed by atoms with van der Waals surface area (Å²) in [6, 6.07) is 2.68. The number of ether oxygens (including phenoxy) is 2. The molecule has 134 valence electrons. The molecule has 0 radical (unpaired) electrons. The molecule has 2 amide bonds. The van der Waals surface area contributed by atoms with Gasteiger partial charge < -0.3 is 20.1 Å². The third kappa shape index (κ3) is 2.76. The molecule has 6 heteroatoms. The van der Waals surface area contributed by atoms with Crippen LogP contribution in [0.15, 0.2) is 12.1 Å². The van der Waals surface area contributed by atoms with Crippen LogP contribution in [0.4, 0.5) is 14.9 Å². The number of halogens is 1. The first-order valence-corrected chi connectivity index (χ1v) is 9.26. The topological polar surface area (TPSA) is 59.6 Å². The number of carbonyl (C=O) groups excluding carboxylic acids is 1. The highest BCUT2D eigenvalue weighted by Gasteiger charge is 2.48. The Balaban J connectivity index is 1.31. The van der Waals surface area contributed by atoms with Crippen molar-refractivity contribution in [2.24, 2.45) is 23.7 Å². The van der Waals surface area contributed by atoms with E-state index in [1.807, 2.05) is 0 Å². The van der Waals surface area contributed by atoms with Gasteiger partial charge in [0.05, 0.1) is 12.3 Å². The molecular weight excluding hydrogens is 323 g/mol. The number of hydrogen-bond acceptors (Lipinski definition) is 3. The second kappa shape index (κ2) is 5.87. The van der Waals surface area contributed by atoms with Crippen LogP contribution in [-0.2, 0) is 11.3 Å². The predicted molar refractivity (Wildman–Crippen MR) is 89.7 cm³/mol. The molecule has 0 unspecified atom stereocenters. The van der Waals surface area contributed by atoms with Crippen molar-refractivity contribution in [3.05, 3.63) is 23.5 Å². The number of hydrogen-bond donors (Lipinski definition) is 2. The largest absolute Gasteiger partial charge is 0.465 e. The molecule has 1 aromatic carbocycles. The highest BCUT2D eigenvalue weighted by Crippen LogP contribution is 2.53. The standard InChI is InChI=1S/C19H23FN2O3/c20-15-6-14-8-24-9-25-18(14)16(7-15)21-19(23)22-17-12-2-10-1-11(4-12)5-13(17)3-10/h6-7,10-13,17H,1-5,8-9H2,(H2,21,22,23). The van der Waals surface area contributed by atoms with Gasteiger partial charge >= 0.3 is 6.03 Å². The summed E-state index contributed by atoms with van der Waals surface area (Å²) in [5.74, 6) is 3.05. The number of rotatable bonds is 2. The van der Waals surface area contributed by atoms with E-state index >= 15 is 0 Å². The smallest absolute Gasteiger partial charge is 0.319 e. The Morgan fingerprint density at radius 2 is 1.80 bits per heavy atom. The number of anilines is 1. The maximum absolute atomic E-state index is 13.8. The maximum atomic E-state index is 13.8. The van der Waals surface area contributed by atoms with Gasteiger partial charge in [-0.25, -0.2) is 9.18 Å². The van der Waals surface area contributed by atoms with E-state index in [0.717, 1.165) is 11.8 Å².